The molecule has 100 valence electrons. The molecule has 1 unspecified atom stereocenters. The molecule has 0 bridgehead atoms. The van der Waals surface area contributed by atoms with Gasteiger partial charge < -0.3 is 9.47 Å². The number of hydrazine groups is 1. The Labute approximate surface area is 102 Å². The molecule has 0 aromatic carbocycles. The van der Waals surface area contributed by atoms with Gasteiger partial charge in [-0.15, -0.1) is 0 Å². The first-order valence-electron chi connectivity index (χ1n) is 5.62. The zero-order valence-corrected chi connectivity index (χ0v) is 11.1. The molecule has 0 saturated carbocycles. The number of ether oxygens (including phenoxy) is 2. The van der Waals surface area contributed by atoms with Gasteiger partial charge in [0.2, 0.25) is 5.54 Å². The van der Waals surface area contributed by atoms with Crippen molar-refractivity contribution in [2.24, 2.45) is 5.84 Å². The van der Waals surface area contributed by atoms with E-state index in [9.17, 15) is 9.59 Å². The molecule has 0 saturated heterocycles. The summed E-state index contributed by atoms with van der Waals surface area (Å²) in [5.41, 5.74) is -0.106. The Morgan fingerprint density at radius 3 is 2.00 bits per heavy atom. The summed E-state index contributed by atoms with van der Waals surface area (Å²) in [7, 11) is 0. The topological polar surface area (TPSA) is 90.6 Å². The van der Waals surface area contributed by atoms with Gasteiger partial charge in [0, 0.05) is 0 Å². The third-order valence-electron chi connectivity index (χ3n) is 2.15. The number of hydrogen-bond acceptors (Lipinski definition) is 6. The Morgan fingerprint density at radius 2 is 1.71 bits per heavy atom. The molecule has 0 aromatic heterocycles. The first-order valence-corrected chi connectivity index (χ1v) is 5.62. The van der Waals surface area contributed by atoms with Crippen LogP contribution in [0.1, 0.15) is 41.0 Å². The van der Waals surface area contributed by atoms with E-state index in [0.29, 0.717) is 0 Å². The van der Waals surface area contributed by atoms with E-state index in [1.807, 2.05) is 0 Å². The van der Waals surface area contributed by atoms with Crippen molar-refractivity contribution in [3.63, 3.8) is 0 Å². The molecule has 3 N–H and O–H groups in total. The van der Waals surface area contributed by atoms with Crippen molar-refractivity contribution < 1.29 is 19.1 Å². The van der Waals surface area contributed by atoms with Crippen LogP contribution in [0.25, 0.3) is 0 Å². The minimum atomic E-state index is -1.64. The summed E-state index contributed by atoms with van der Waals surface area (Å²) in [6.07, 6.45) is 0.150. The minimum Gasteiger partial charge on any atom is -0.464 e. The van der Waals surface area contributed by atoms with Crippen molar-refractivity contribution in [1.82, 2.24) is 5.43 Å². The maximum Gasteiger partial charge on any atom is 0.339 e. The summed E-state index contributed by atoms with van der Waals surface area (Å²) in [5, 5.41) is 0. The molecule has 6 nitrogen and oxygen atoms in total. The van der Waals surface area contributed by atoms with Crippen LogP contribution >= 0.6 is 0 Å². The number of carbonyl (C=O) groups excluding carboxylic acids is 2. The fraction of sp³-hybridized carbons (Fsp3) is 0.818. The van der Waals surface area contributed by atoms with Gasteiger partial charge in [-0.2, -0.15) is 0 Å². The molecule has 6 heteroatoms. The highest BCUT2D eigenvalue weighted by Gasteiger charge is 2.48. The molecule has 0 aromatic rings. The summed E-state index contributed by atoms with van der Waals surface area (Å²) in [6, 6.07) is 0. The molecule has 0 aliphatic carbocycles. The molecule has 0 radical (unpaired) electrons. The maximum atomic E-state index is 12.0. The zero-order chi connectivity index (χ0) is 13.7. The highest BCUT2D eigenvalue weighted by molar-refractivity contribution is 6.05. The van der Waals surface area contributed by atoms with Crippen LogP contribution in [0.15, 0.2) is 0 Å². The number of nitrogens with two attached hydrogens (primary N) is 1. The maximum absolute atomic E-state index is 12.0. The SMILES string of the molecule is CCOC(=O)C(CC)(NN)C(=O)OC(C)(C)C. The molecule has 0 heterocycles. The summed E-state index contributed by atoms with van der Waals surface area (Å²) >= 11 is 0. The van der Waals surface area contributed by atoms with Crippen molar-refractivity contribution in [2.75, 3.05) is 6.61 Å². The first-order chi connectivity index (χ1) is 7.73. The van der Waals surface area contributed by atoms with Crippen molar-refractivity contribution in [3.05, 3.63) is 0 Å². The second kappa shape index (κ2) is 5.97. The van der Waals surface area contributed by atoms with Gasteiger partial charge in [0.25, 0.3) is 0 Å². The first kappa shape index (κ1) is 15.9. The van der Waals surface area contributed by atoms with Crippen molar-refractivity contribution in [1.29, 1.82) is 0 Å². The molecular formula is C11H22N2O4. The van der Waals surface area contributed by atoms with E-state index in [1.54, 1.807) is 34.6 Å². The quantitative estimate of drug-likeness (QED) is 0.318. The second-order valence-electron chi connectivity index (χ2n) is 4.63. The van der Waals surface area contributed by atoms with Crippen LogP contribution in [0, 0.1) is 0 Å². The lowest BCUT2D eigenvalue weighted by Gasteiger charge is -2.30. The predicted molar refractivity (Wildman–Crippen MR) is 62.8 cm³/mol. The fourth-order valence-electron chi connectivity index (χ4n) is 1.21. The van der Waals surface area contributed by atoms with Gasteiger partial charge in [0.15, 0.2) is 0 Å². The molecule has 0 fully saturated rings. The highest BCUT2D eigenvalue weighted by atomic mass is 16.6. The third-order valence-corrected chi connectivity index (χ3v) is 2.15. The molecule has 0 spiro atoms. The van der Waals surface area contributed by atoms with Crippen LogP contribution in [0.5, 0.6) is 0 Å². The van der Waals surface area contributed by atoms with Gasteiger partial charge >= 0.3 is 11.9 Å². The lowest BCUT2D eigenvalue weighted by molar-refractivity contribution is -0.174. The Morgan fingerprint density at radius 1 is 1.18 bits per heavy atom. The van der Waals surface area contributed by atoms with Crippen molar-refractivity contribution in [3.8, 4) is 0 Å². The predicted octanol–water partition coefficient (Wildman–Crippen LogP) is 0.503. The largest absolute Gasteiger partial charge is 0.464 e. The summed E-state index contributed by atoms with van der Waals surface area (Å²) in [4.78, 5) is 23.8. The van der Waals surface area contributed by atoms with E-state index in [1.165, 1.54) is 0 Å². The summed E-state index contributed by atoms with van der Waals surface area (Å²) in [5.74, 6) is 3.87. The molecule has 0 rings (SSSR count). The zero-order valence-electron chi connectivity index (χ0n) is 11.1. The van der Waals surface area contributed by atoms with E-state index in [-0.39, 0.29) is 13.0 Å². The Kier molecular flexibility index (Phi) is 5.57. The highest BCUT2D eigenvalue weighted by Crippen LogP contribution is 2.18. The normalized spacial score (nSPS) is 14.9. The molecule has 0 amide bonds. The van der Waals surface area contributed by atoms with E-state index in [2.05, 4.69) is 5.43 Å². The Balaban J connectivity index is 5.06. The van der Waals surface area contributed by atoms with Crippen LogP contribution in [0.3, 0.4) is 0 Å². The van der Waals surface area contributed by atoms with Gasteiger partial charge in [-0.1, -0.05) is 6.92 Å². The third kappa shape index (κ3) is 3.98. The lowest BCUT2D eigenvalue weighted by atomic mass is 9.97. The van der Waals surface area contributed by atoms with Crippen LogP contribution in [0.4, 0.5) is 0 Å². The molecular weight excluding hydrogens is 224 g/mol. The molecule has 0 aliphatic heterocycles. The lowest BCUT2D eigenvalue weighted by Crippen LogP contribution is -2.62. The Hall–Kier alpha value is -1.14. The monoisotopic (exact) mass is 246 g/mol. The van der Waals surface area contributed by atoms with Gasteiger partial charge in [-0.05, 0) is 34.1 Å². The fourth-order valence-corrected chi connectivity index (χ4v) is 1.21. The van der Waals surface area contributed by atoms with Crippen molar-refractivity contribution >= 4 is 11.9 Å². The van der Waals surface area contributed by atoms with E-state index >= 15 is 0 Å². The molecule has 0 aliphatic rings. The van der Waals surface area contributed by atoms with E-state index in [4.69, 9.17) is 15.3 Å². The van der Waals surface area contributed by atoms with Crippen LogP contribution in [-0.2, 0) is 19.1 Å². The summed E-state index contributed by atoms with van der Waals surface area (Å²) in [6.45, 7) is 8.63. The van der Waals surface area contributed by atoms with E-state index in [0.717, 1.165) is 0 Å². The average Bonchev–Trinajstić information content (AvgIpc) is 2.18. The Bertz CT molecular complexity index is 280. The number of esters is 2. The van der Waals surface area contributed by atoms with Crippen molar-refractivity contribution in [2.45, 2.75) is 52.2 Å². The van der Waals surface area contributed by atoms with Gasteiger partial charge in [0.05, 0.1) is 6.61 Å². The van der Waals surface area contributed by atoms with E-state index < -0.39 is 23.1 Å². The smallest absolute Gasteiger partial charge is 0.339 e. The second-order valence-corrected chi connectivity index (χ2v) is 4.63. The van der Waals surface area contributed by atoms with Crippen LogP contribution in [-0.4, -0.2) is 29.7 Å². The van der Waals surface area contributed by atoms with Crippen LogP contribution < -0.4 is 11.3 Å². The standard InChI is InChI=1S/C11H22N2O4/c1-6-11(13-12,8(14)16-7-2)9(15)17-10(3,4)5/h13H,6-7,12H2,1-5H3. The average molecular weight is 246 g/mol. The number of hydrogen-bond donors (Lipinski definition) is 2. The van der Waals surface area contributed by atoms with Gasteiger partial charge in [-0.3, -0.25) is 5.84 Å². The van der Waals surface area contributed by atoms with Crippen LogP contribution in [0.2, 0.25) is 0 Å². The number of rotatable bonds is 5. The number of nitrogens with one attached hydrogen (secondary N) is 1. The summed E-state index contributed by atoms with van der Waals surface area (Å²) < 4.78 is 10.0. The van der Waals surface area contributed by atoms with Gasteiger partial charge in [0.1, 0.15) is 5.60 Å². The molecule has 1 atom stereocenters. The molecule has 17 heavy (non-hydrogen) atoms. The van der Waals surface area contributed by atoms with Gasteiger partial charge in [-0.25, -0.2) is 15.0 Å². The number of carbonyl (C=O) groups is 2. The minimum absolute atomic E-state index is 0.150.